The molecule has 7 N–H and O–H groups in total. The maximum Gasteiger partial charge on any atom is 0.355 e. The maximum absolute atomic E-state index is 14.2. The minimum atomic E-state index is -1.27. The van der Waals surface area contributed by atoms with E-state index in [1.165, 1.54) is 53.5 Å². The highest BCUT2D eigenvalue weighted by molar-refractivity contribution is 7.15. The van der Waals surface area contributed by atoms with Crippen LogP contribution in [0.1, 0.15) is 117 Å². The Morgan fingerprint density at radius 2 is 1.41 bits per heavy atom. The molecule has 27 heteroatoms. The molecule has 0 spiro atoms. The number of nitrogens with one attached hydrogen (secondary N) is 5. The lowest BCUT2D eigenvalue weighted by Crippen LogP contribution is -2.40. The Morgan fingerprint density at radius 3 is 2.15 bits per heavy atom. The number of carboxylic acid groups (broad SMARTS) is 1. The van der Waals surface area contributed by atoms with Crippen LogP contribution in [0.4, 0.5) is 0 Å². The van der Waals surface area contributed by atoms with Crippen LogP contribution < -0.4 is 26.6 Å². The van der Waals surface area contributed by atoms with E-state index in [-0.39, 0.29) is 46.7 Å². The van der Waals surface area contributed by atoms with Crippen molar-refractivity contribution in [3.8, 4) is 43.4 Å². The number of carboxylic acids is 1. The molecule has 1 aliphatic rings. The smallest absolute Gasteiger partial charge is 0.355 e. The molecule has 5 amide bonds. The van der Waals surface area contributed by atoms with E-state index < -0.39 is 66.3 Å². The monoisotopic (exact) mass is 1120 g/mol. The third kappa shape index (κ3) is 11.6. The number of aromatic nitrogens is 7. The first-order valence-corrected chi connectivity index (χ1v) is 27.9. The van der Waals surface area contributed by atoms with Gasteiger partial charge in [0.05, 0.1) is 42.2 Å². The Kier molecular flexibility index (Phi) is 16.0. The fourth-order valence-corrected chi connectivity index (χ4v) is 13.2. The van der Waals surface area contributed by atoms with Gasteiger partial charge >= 0.3 is 5.97 Å². The highest BCUT2D eigenvalue weighted by Gasteiger charge is 2.33. The number of hydrogen-bond donors (Lipinski definition) is 7. The van der Waals surface area contributed by atoms with Crippen molar-refractivity contribution < 1.29 is 43.7 Å². The SMILES string of the molecule is CNC(=O)C[C@H]1NC(=O)c2csc(n2)-c2ccc(-c3nc(C(=O)O)cs3)nc2-c2csc(n2)-c2csc(n2)[C@H]([C@@H](O)c2ccccc2)NC(=O)CNC(=O)c2nc(sc2COC)[C@H](C(C)C)NC(=O)c2nc1sc2C. The number of nitrogens with zero attached hydrogens (tertiary/aromatic N) is 7. The Hall–Kier alpha value is -7.11. The third-order valence-electron chi connectivity index (χ3n) is 11.5. The van der Waals surface area contributed by atoms with Crippen molar-refractivity contribution in [1.29, 1.82) is 0 Å². The van der Waals surface area contributed by atoms with E-state index >= 15 is 0 Å². The van der Waals surface area contributed by atoms with Gasteiger partial charge in [-0.25, -0.2) is 39.7 Å². The molecule has 0 aliphatic carbocycles. The van der Waals surface area contributed by atoms with Crippen LogP contribution in [0, 0.1) is 12.8 Å². The largest absolute Gasteiger partial charge is 0.476 e. The Bertz CT molecular complexity index is 3450. The Labute approximate surface area is 451 Å². The number of methoxy groups -OCH3 is 1. The van der Waals surface area contributed by atoms with Gasteiger partial charge in [0.1, 0.15) is 76.4 Å². The average molecular weight is 1130 g/mol. The lowest BCUT2D eigenvalue weighted by molar-refractivity contribution is -0.122. The molecular weight excluding hydrogens is 1080 g/mol. The van der Waals surface area contributed by atoms with Gasteiger partial charge in [-0.1, -0.05) is 44.2 Å². The van der Waals surface area contributed by atoms with Crippen molar-refractivity contribution in [2.45, 2.75) is 58.0 Å². The zero-order valence-corrected chi connectivity index (χ0v) is 45.1. The number of aliphatic hydroxyl groups excluding tert-OH is 1. The molecule has 0 unspecified atom stereocenters. The maximum atomic E-state index is 14.2. The van der Waals surface area contributed by atoms with Gasteiger partial charge in [-0.05, 0) is 30.5 Å². The summed E-state index contributed by atoms with van der Waals surface area (Å²) < 4.78 is 5.43. The molecule has 21 nitrogen and oxygen atoms in total. The van der Waals surface area contributed by atoms with Gasteiger partial charge in [0, 0.05) is 46.1 Å². The lowest BCUT2D eigenvalue weighted by Gasteiger charge is -2.23. The quantitative estimate of drug-likeness (QED) is 0.0764. The predicted octanol–water partition coefficient (Wildman–Crippen LogP) is 7.01. The molecule has 0 saturated carbocycles. The zero-order chi connectivity index (χ0) is 53.1. The molecule has 1 aliphatic heterocycles. The number of thiazole rings is 6. The molecule has 0 fully saturated rings. The van der Waals surface area contributed by atoms with E-state index in [2.05, 4.69) is 41.5 Å². The van der Waals surface area contributed by atoms with Gasteiger partial charge in [0.2, 0.25) is 11.8 Å². The molecule has 1 aromatic carbocycles. The number of hydrogen-bond acceptors (Lipinski definition) is 21. The number of rotatable bonds is 9. The number of pyridine rings is 1. The van der Waals surface area contributed by atoms with Crippen LogP contribution in [0.25, 0.3) is 43.4 Å². The van der Waals surface area contributed by atoms with E-state index in [9.17, 15) is 39.0 Å². The molecule has 8 heterocycles. The molecule has 7 aromatic heterocycles. The van der Waals surface area contributed by atoms with Crippen molar-refractivity contribution in [2.24, 2.45) is 5.92 Å². The fraction of sp³-hybridized carbons (Fsp3) is 0.271. The van der Waals surface area contributed by atoms with Crippen LogP contribution in [0.5, 0.6) is 0 Å². The average Bonchev–Trinajstić information content (AvgIpc) is 4.27. The van der Waals surface area contributed by atoms with Crippen molar-refractivity contribution in [2.75, 3.05) is 20.7 Å². The zero-order valence-electron chi connectivity index (χ0n) is 40.2. The van der Waals surface area contributed by atoms with Crippen LogP contribution in [-0.2, 0) is 20.9 Å². The predicted molar refractivity (Wildman–Crippen MR) is 284 cm³/mol. The molecule has 75 heavy (non-hydrogen) atoms. The van der Waals surface area contributed by atoms with Gasteiger partial charge in [0.25, 0.3) is 17.7 Å². The number of aliphatic hydroxyl groups is 1. The number of fused-ring (bicyclic) bond motifs is 14. The highest BCUT2D eigenvalue weighted by Crippen LogP contribution is 2.40. The summed E-state index contributed by atoms with van der Waals surface area (Å²) in [5.41, 5.74) is 2.41. The number of amides is 5. The van der Waals surface area contributed by atoms with Gasteiger partial charge in [-0.15, -0.1) is 68.0 Å². The molecule has 0 saturated heterocycles. The second kappa shape index (κ2) is 22.8. The van der Waals surface area contributed by atoms with Crippen molar-refractivity contribution >= 4 is 104 Å². The number of benzene rings is 1. The summed E-state index contributed by atoms with van der Waals surface area (Å²) in [6.07, 6.45) is -1.49. The molecule has 8 aromatic rings. The summed E-state index contributed by atoms with van der Waals surface area (Å²) in [5.74, 6) is -4.33. The second-order valence-corrected chi connectivity index (χ2v) is 22.8. The summed E-state index contributed by atoms with van der Waals surface area (Å²) >= 11 is 7.00. The Morgan fingerprint density at radius 1 is 0.707 bits per heavy atom. The molecule has 4 atom stereocenters. The van der Waals surface area contributed by atoms with E-state index in [0.717, 1.165) is 34.0 Å². The van der Waals surface area contributed by atoms with Crippen LogP contribution in [0.3, 0.4) is 0 Å². The van der Waals surface area contributed by atoms with Gasteiger partial charge in [-0.3, -0.25) is 24.0 Å². The van der Waals surface area contributed by atoms with E-state index in [4.69, 9.17) is 24.7 Å². The molecular formula is C48H44N12O9S6. The standard InChI is InChI=1S/C48H44N12O9S6/c1-20(2)33-47-60-36(30(75-47)15-69-5)40(65)50-14-32(62)57-37(38(63)22-9-7-6-8-10-22)46-55-28(18-73-46)44-53-26(16-71-44)35-23(11-12-24(51-35)43-56-29(19-72-43)48(67)68)42-54-27(17-70-42)39(64)52-25(13-31(61)49-4)45-59-34(21(3)74-45)41(66)58-33/h6-12,16-20,25,33,37-38,63H,13-15H2,1-5H3,(H,49,61)(H,50,65)(H,52,64)(H,57,62)(H,58,66)(H,67,68)/t25-,33+,37+,38+/m1/s1. The highest BCUT2D eigenvalue weighted by atomic mass is 32.1. The van der Waals surface area contributed by atoms with Gasteiger partial charge < -0.3 is 41.5 Å². The number of aromatic carboxylic acids is 1. The van der Waals surface area contributed by atoms with Gasteiger partial charge in [0.15, 0.2) is 5.69 Å². The first-order chi connectivity index (χ1) is 36.1. The van der Waals surface area contributed by atoms with Crippen molar-refractivity contribution in [3.63, 3.8) is 0 Å². The number of ether oxygens (including phenoxy) is 1. The first-order valence-electron chi connectivity index (χ1n) is 22.8. The lowest BCUT2D eigenvalue weighted by atomic mass is 10.0. The minimum absolute atomic E-state index is 0.00142. The minimum Gasteiger partial charge on any atom is -0.476 e. The topological polar surface area (TPSA) is 302 Å². The number of carbonyl (C=O) groups excluding carboxylic acids is 5. The molecule has 386 valence electrons. The molecule has 10 bridgehead atoms. The van der Waals surface area contributed by atoms with E-state index in [0.29, 0.717) is 68.7 Å². The molecule has 0 radical (unpaired) electrons. The summed E-state index contributed by atoms with van der Waals surface area (Å²) in [6.45, 7) is 4.96. The summed E-state index contributed by atoms with van der Waals surface area (Å²) in [4.78, 5) is 115. The second-order valence-electron chi connectivity index (χ2n) is 17.0. The van der Waals surface area contributed by atoms with Gasteiger partial charge in [-0.2, -0.15) is 0 Å². The van der Waals surface area contributed by atoms with E-state index in [1.807, 2.05) is 13.8 Å². The third-order valence-corrected chi connectivity index (χ3v) is 17.2. The van der Waals surface area contributed by atoms with Crippen LogP contribution in [0.15, 0.2) is 64.0 Å². The van der Waals surface area contributed by atoms with Crippen LogP contribution in [-0.4, -0.2) is 101 Å². The van der Waals surface area contributed by atoms with Crippen molar-refractivity contribution in [1.82, 2.24) is 61.5 Å². The van der Waals surface area contributed by atoms with E-state index in [1.54, 1.807) is 65.5 Å². The summed E-state index contributed by atoms with van der Waals surface area (Å²) in [7, 11) is 2.93. The molecule has 9 rings (SSSR count). The Balaban J connectivity index is 1.14. The summed E-state index contributed by atoms with van der Waals surface area (Å²) in [6, 6.07) is 9.37. The van der Waals surface area contributed by atoms with Crippen LogP contribution >= 0.6 is 68.0 Å². The number of carbonyl (C=O) groups is 6. The van der Waals surface area contributed by atoms with Crippen LogP contribution in [0.2, 0.25) is 0 Å². The van der Waals surface area contributed by atoms with Crippen molar-refractivity contribution in [3.05, 3.63) is 117 Å². The summed E-state index contributed by atoms with van der Waals surface area (Å²) in [5, 5.41) is 44.1. The number of aryl methyl sites for hydroxylation is 1. The first kappa shape index (κ1) is 52.7. The fourth-order valence-electron chi connectivity index (χ4n) is 7.68. The normalized spacial score (nSPS) is 16.9.